The molecule has 0 aromatic heterocycles. The van der Waals surface area contributed by atoms with Crippen LogP contribution in [0.4, 0.5) is 5.69 Å². The molecular formula is C32H25NO5. The van der Waals surface area contributed by atoms with Gasteiger partial charge in [-0.2, -0.15) is 0 Å². The van der Waals surface area contributed by atoms with E-state index in [1.807, 2.05) is 48.5 Å². The second-order valence-corrected chi connectivity index (χ2v) is 9.90. The second kappa shape index (κ2) is 8.77. The van der Waals surface area contributed by atoms with Crippen molar-refractivity contribution < 1.29 is 23.8 Å². The number of nitrogens with one attached hydrogen (secondary N) is 1. The molecule has 7 rings (SSSR count). The monoisotopic (exact) mass is 503 g/mol. The van der Waals surface area contributed by atoms with Crippen LogP contribution in [0.5, 0.6) is 11.5 Å². The van der Waals surface area contributed by atoms with Crippen molar-refractivity contribution in [1.29, 1.82) is 0 Å². The molecule has 0 amide bonds. The molecule has 6 heteroatoms. The Bertz CT molecular complexity index is 1640. The molecule has 1 aliphatic carbocycles. The Morgan fingerprint density at radius 3 is 2.53 bits per heavy atom. The molecule has 0 saturated carbocycles. The van der Waals surface area contributed by atoms with E-state index in [-0.39, 0.29) is 18.5 Å². The molecule has 0 bridgehead atoms. The van der Waals surface area contributed by atoms with Gasteiger partial charge in [0.15, 0.2) is 17.3 Å². The van der Waals surface area contributed by atoms with Crippen molar-refractivity contribution in [2.45, 2.75) is 18.3 Å². The van der Waals surface area contributed by atoms with Crippen molar-refractivity contribution >= 4 is 28.2 Å². The van der Waals surface area contributed by atoms with E-state index in [0.717, 1.165) is 38.8 Å². The molecule has 2 aliphatic heterocycles. The van der Waals surface area contributed by atoms with Crippen molar-refractivity contribution in [1.82, 2.24) is 0 Å². The van der Waals surface area contributed by atoms with Crippen LogP contribution in [0.15, 0.2) is 96.2 Å². The zero-order valence-corrected chi connectivity index (χ0v) is 20.8. The summed E-state index contributed by atoms with van der Waals surface area (Å²) >= 11 is 0. The maximum Gasteiger partial charge on any atom is 0.317 e. The third kappa shape index (κ3) is 3.40. The summed E-state index contributed by atoms with van der Waals surface area (Å²) in [4.78, 5) is 27.7. The van der Waals surface area contributed by atoms with Gasteiger partial charge in [-0.05, 0) is 52.1 Å². The van der Waals surface area contributed by atoms with E-state index in [4.69, 9.17) is 14.2 Å². The molecule has 0 spiro atoms. The molecular weight excluding hydrogens is 478 g/mol. The molecule has 6 nitrogen and oxygen atoms in total. The predicted molar refractivity (Wildman–Crippen MR) is 143 cm³/mol. The fraction of sp³-hybridized carbons (Fsp3) is 0.188. The summed E-state index contributed by atoms with van der Waals surface area (Å²) < 4.78 is 16.3. The average molecular weight is 504 g/mol. The van der Waals surface area contributed by atoms with Gasteiger partial charge in [-0.3, -0.25) is 9.59 Å². The van der Waals surface area contributed by atoms with Gasteiger partial charge in [0.05, 0.1) is 7.11 Å². The van der Waals surface area contributed by atoms with Gasteiger partial charge >= 0.3 is 5.97 Å². The normalized spacial score (nSPS) is 21.5. The fourth-order valence-electron chi connectivity index (χ4n) is 6.24. The summed E-state index contributed by atoms with van der Waals surface area (Å²) in [5.74, 6) is -1.15. The molecule has 3 unspecified atom stereocenters. The maximum absolute atomic E-state index is 14.5. The van der Waals surface area contributed by atoms with Crippen LogP contribution in [0, 0.1) is 5.92 Å². The number of anilines is 1. The number of hydrogen-bond donors (Lipinski definition) is 1. The van der Waals surface area contributed by atoms with E-state index in [0.29, 0.717) is 23.5 Å². The minimum Gasteiger partial charge on any atom is -0.468 e. The molecule has 1 N–H and O–H groups in total. The van der Waals surface area contributed by atoms with Gasteiger partial charge < -0.3 is 19.5 Å². The first kappa shape index (κ1) is 22.6. The largest absolute Gasteiger partial charge is 0.468 e. The molecule has 0 fully saturated rings. The average Bonchev–Trinajstić information content (AvgIpc) is 3.44. The Labute approximate surface area is 219 Å². The lowest BCUT2D eigenvalue weighted by atomic mass is 9.66. The van der Waals surface area contributed by atoms with Gasteiger partial charge in [-0.15, -0.1) is 0 Å². The molecule has 4 aromatic carbocycles. The minimum atomic E-state index is -0.969. The number of ketones is 1. The number of carbonyl (C=O) groups excluding carboxylic acids is 2. The second-order valence-electron chi connectivity index (χ2n) is 9.90. The van der Waals surface area contributed by atoms with Crippen LogP contribution in [0.1, 0.15) is 34.9 Å². The number of methoxy groups -OCH3 is 1. The van der Waals surface area contributed by atoms with Crippen molar-refractivity contribution in [3.8, 4) is 11.5 Å². The molecule has 3 atom stereocenters. The number of benzene rings is 4. The number of carbonyl (C=O) groups is 2. The van der Waals surface area contributed by atoms with Crippen molar-refractivity contribution in [3.63, 3.8) is 0 Å². The van der Waals surface area contributed by atoms with Gasteiger partial charge in [0.25, 0.3) is 0 Å². The Balaban J connectivity index is 1.43. The topological polar surface area (TPSA) is 73.9 Å². The Hall–Kier alpha value is -4.58. The van der Waals surface area contributed by atoms with Crippen molar-refractivity contribution in [2.75, 3.05) is 19.2 Å². The molecule has 188 valence electrons. The van der Waals surface area contributed by atoms with E-state index >= 15 is 0 Å². The van der Waals surface area contributed by atoms with Crippen LogP contribution < -0.4 is 14.8 Å². The summed E-state index contributed by atoms with van der Waals surface area (Å²) in [6, 6.07) is 28.1. The maximum atomic E-state index is 14.5. The smallest absolute Gasteiger partial charge is 0.317 e. The summed E-state index contributed by atoms with van der Waals surface area (Å²) in [6.07, 6.45) is 0.482. The first-order valence-corrected chi connectivity index (χ1v) is 12.7. The molecule has 3 aliphatic rings. The fourth-order valence-corrected chi connectivity index (χ4v) is 6.24. The number of allylic oxidation sites excluding steroid dienone is 2. The minimum absolute atomic E-state index is 0.156. The predicted octanol–water partition coefficient (Wildman–Crippen LogP) is 5.93. The van der Waals surface area contributed by atoms with E-state index in [9.17, 15) is 9.59 Å². The first-order valence-electron chi connectivity index (χ1n) is 12.7. The van der Waals surface area contributed by atoms with Gasteiger partial charge in [0.1, 0.15) is 5.92 Å². The third-order valence-electron chi connectivity index (χ3n) is 7.95. The summed E-state index contributed by atoms with van der Waals surface area (Å²) in [7, 11) is 1.34. The van der Waals surface area contributed by atoms with Gasteiger partial charge in [0.2, 0.25) is 6.79 Å². The zero-order valence-electron chi connectivity index (χ0n) is 20.8. The van der Waals surface area contributed by atoms with Crippen LogP contribution in [0.3, 0.4) is 0 Å². The highest BCUT2D eigenvalue weighted by atomic mass is 16.7. The van der Waals surface area contributed by atoms with E-state index < -0.39 is 17.8 Å². The van der Waals surface area contributed by atoms with E-state index in [1.54, 1.807) is 0 Å². The summed E-state index contributed by atoms with van der Waals surface area (Å²) in [5.41, 5.74) is 5.35. The Kier molecular flexibility index (Phi) is 5.22. The summed E-state index contributed by atoms with van der Waals surface area (Å²) in [5, 5.41) is 5.78. The Morgan fingerprint density at radius 1 is 0.895 bits per heavy atom. The number of esters is 1. The molecule has 2 heterocycles. The van der Waals surface area contributed by atoms with E-state index in [1.165, 1.54) is 7.11 Å². The quantitative estimate of drug-likeness (QED) is 0.276. The molecule has 0 radical (unpaired) electrons. The molecule has 38 heavy (non-hydrogen) atoms. The Morgan fingerprint density at radius 2 is 1.68 bits per heavy atom. The summed E-state index contributed by atoms with van der Waals surface area (Å²) in [6.45, 7) is 0.156. The van der Waals surface area contributed by atoms with Gasteiger partial charge in [0, 0.05) is 28.8 Å². The van der Waals surface area contributed by atoms with E-state index in [2.05, 4.69) is 41.7 Å². The number of hydrogen-bond acceptors (Lipinski definition) is 6. The zero-order chi connectivity index (χ0) is 25.8. The standard InChI is InChI=1S/C32H25NO5/c1-36-32(35)29-22(20-12-14-25-26(15-20)38-17-37-25)16-24-30(31(29)34)27(19-8-3-2-4-9-19)28-21-10-6-5-7-18(21)11-13-23(28)33-24/h2-15,22,27,29,33H,16-17H2,1H3. The van der Waals surface area contributed by atoms with Crippen LogP contribution in [-0.2, 0) is 14.3 Å². The molecule has 0 saturated heterocycles. The number of fused-ring (bicyclic) bond motifs is 4. The lowest BCUT2D eigenvalue weighted by Gasteiger charge is -2.40. The number of rotatable bonds is 3. The van der Waals surface area contributed by atoms with Gasteiger partial charge in [-0.25, -0.2) is 0 Å². The lowest BCUT2D eigenvalue weighted by molar-refractivity contribution is -0.149. The third-order valence-corrected chi connectivity index (χ3v) is 7.95. The SMILES string of the molecule is COC(=O)C1C(=O)C2=C(CC1c1ccc3c(c1)OCO3)Nc1ccc3ccccc3c1C2c1ccccc1. The highest BCUT2D eigenvalue weighted by Gasteiger charge is 2.48. The van der Waals surface area contributed by atoms with Crippen LogP contribution in [-0.4, -0.2) is 25.7 Å². The first-order chi connectivity index (χ1) is 18.6. The van der Waals surface area contributed by atoms with Crippen LogP contribution in [0.25, 0.3) is 10.8 Å². The highest BCUT2D eigenvalue weighted by molar-refractivity contribution is 6.13. The number of Topliss-reactive ketones (excluding diaryl/α,β-unsaturated/α-hetero) is 1. The van der Waals surface area contributed by atoms with Crippen molar-refractivity contribution in [3.05, 3.63) is 113 Å². The highest BCUT2D eigenvalue weighted by Crippen LogP contribution is 2.52. The lowest BCUT2D eigenvalue weighted by Crippen LogP contribution is -2.40. The molecule has 4 aromatic rings. The number of ether oxygens (including phenoxy) is 3. The van der Waals surface area contributed by atoms with Crippen LogP contribution in [0.2, 0.25) is 0 Å². The van der Waals surface area contributed by atoms with Crippen LogP contribution >= 0.6 is 0 Å². The van der Waals surface area contributed by atoms with Gasteiger partial charge in [-0.1, -0.05) is 66.7 Å². The van der Waals surface area contributed by atoms with Crippen molar-refractivity contribution in [2.24, 2.45) is 5.92 Å².